The standard InChI is InChI=1S/C23H33FN4O5/c1-3-4-5-6-11-27(15(2)30)20(31)8-7-12-33-21-16-13-28-19(14-29)22(32)26-23(28)25-18(16)10-9-17(21)24/h9-10,15,19,29-30H,3-8,11-14H2,1-2H3,(H,25,26,32). The van der Waals surface area contributed by atoms with E-state index in [9.17, 15) is 24.2 Å². The smallest absolute Gasteiger partial charge is 0.251 e. The van der Waals surface area contributed by atoms with Crippen LogP contribution in [0.1, 0.15) is 57.9 Å². The number of carbonyl (C=O) groups excluding carboxylic acids is 2. The Bertz CT molecular complexity index is 892. The van der Waals surface area contributed by atoms with Crippen LogP contribution in [-0.2, 0) is 16.1 Å². The largest absolute Gasteiger partial charge is 0.490 e. The van der Waals surface area contributed by atoms with Crippen molar-refractivity contribution in [2.75, 3.05) is 19.8 Å². The number of ether oxygens (including phenoxy) is 1. The molecule has 3 N–H and O–H groups in total. The minimum absolute atomic E-state index is 0.0331. The van der Waals surface area contributed by atoms with Gasteiger partial charge in [-0.15, -0.1) is 0 Å². The number of guanidine groups is 1. The number of nitrogens with one attached hydrogen (secondary N) is 1. The second-order valence-electron chi connectivity index (χ2n) is 8.36. The maximum atomic E-state index is 14.6. The van der Waals surface area contributed by atoms with Gasteiger partial charge in [0, 0.05) is 18.5 Å². The van der Waals surface area contributed by atoms with Crippen molar-refractivity contribution in [3.05, 3.63) is 23.5 Å². The molecule has 3 rings (SSSR count). The highest BCUT2D eigenvalue weighted by atomic mass is 19.1. The van der Waals surface area contributed by atoms with Crippen LogP contribution in [-0.4, -0.2) is 69.8 Å². The number of amides is 2. The van der Waals surface area contributed by atoms with Crippen molar-refractivity contribution in [1.82, 2.24) is 15.1 Å². The predicted octanol–water partition coefficient (Wildman–Crippen LogP) is 2.03. The van der Waals surface area contributed by atoms with Crippen LogP contribution in [0.2, 0.25) is 0 Å². The van der Waals surface area contributed by atoms with Crippen molar-refractivity contribution in [2.24, 2.45) is 4.99 Å². The number of halogens is 1. The van der Waals surface area contributed by atoms with Crippen LogP contribution in [0.25, 0.3) is 0 Å². The fourth-order valence-corrected chi connectivity index (χ4v) is 4.07. The first-order valence-electron chi connectivity index (χ1n) is 11.6. The highest BCUT2D eigenvalue weighted by molar-refractivity contribution is 6.07. The van der Waals surface area contributed by atoms with Crippen LogP contribution in [0.5, 0.6) is 5.75 Å². The van der Waals surface area contributed by atoms with E-state index in [1.165, 1.54) is 17.0 Å². The van der Waals surface area contributed by atoms with Crippen LogP contribution >= 0.6 is 0 Å². The number of aliphatic hydroxyl groups excluding tert-OH is 2. The summed E-state index contributed by atoms with van der Waals surface area (Å²) in [5.41, 5.74) is 0.974. The van der Waals surface area contributed by atoms with Gasteiger partial charge in [0.15, 0.2) is 11.6 Å². The molecule has 2 amide bonds. The van der Waals surface area contributed by atoms with Gasteiger partial charge in [-0.05, 0) is 31.9 Å². The summed E-state index contributed by atoms with van der Waals surface area (Å²) >= 11 is 0. The van der Waals surface area contributed by atoms with Gasteiger partial charge in [0.1, 0.15) is 12.3 Å². The topological polar surface area (TPSA) is 115 Å². The summed E-state index contributed by atoms with van der Waals surface area (Å²) in [5, 5.41) is 22.1. The molecular weight excluding hydrogens is 431 g/mol. The van der Waals surface area contributed by atoms with Gasteiger partial charge in [-0.1, -0.05) is 26.2 Å². The lowest BCUT2D eigenvalue weighted by atomic mass is 10.1. The molecular formula is C23H33FN4O5. The lowest BCUT2D eigenvalue weighted by molar-refractivity contribution is -0.140. The average molecular weight is 465 g/mol. The van der Waals surface area contributed by atoms with E-state index in [1.807, 2.05) is 0 Å². The van der Waals surface area contributed by atoms with E-state index in [1.54, 1.807) is 11.8 Å². The second-order valence-corrected chi connectivity index (χ2v) is 8.36. The number of hydrogen-bond acceptors (Lipinski definition) is 7. The third kappa shape index (κ3) is 5.80. The summed E-state index contributed by atoms with van der Waals surface area (Å²) in [6.07, 6.45) is 3.71. The molecule has 0 bridgehead atoms. The number of hydrogen-bond donors (Lipinski definition) is 3. The van der Waals surface area contributed by atoms with Crippen molar-refractivity contribution in [2.45, 2.75) is 71.2 Å². The molecule has 0 spiro atoms. The highest BCUT2D eigenvalue weighted by Gasteiger charge is 2.39. The van der Waals surface area contributed by atoms with Gasteiger partial charge < -0.3 is 24.7 Å². The fourth-order valence-electron chi connectivity index (χ4n) is 4.07. The van der Waals surface area contributed by atoms with Crippen LogP contribution in [0.3, 0.4) is 0 Å². The van der Waals surface area contributed by atoms with Gasteiger partial charge in [-0.3, -0.25) is 14.9 Å². The van der Waals surface area contributed by atoms with Gasteiger partial charge in [-0.25, -0.2) is 9.38 Å². The molecule has 0 aromatic heterocycles. The Kier molecular flexibility index (Phi) is 8.62. The van der Waals surface area contributed by atoms with E-state index < -0.39 is 18.1 Å². The molecule has 2 atom stereocenters. The molecule has 2 unspecified atom stereocenters. The van der Waals surface area contributed by atoms with Crippen LogP contribution in [0.15, 0.2) is 17.1 Å². The van der Waals surface area contributed by atoms with E-state index in [2.05, 4.69) is 17.2 Å². The van der Waals surface area contributed by atoms with Crippen LogP contribution in [0, 0.1) is 5.82 Å². The first-order chi connectivity index (χ1) is 15.9. The van der Waals surface area contributed by atoms with Gasteiger partial charge >= 0.3 is 0 Å². The molecule has 33 heavy (non-hydrogen) atoms. The van der Waals surface area contributed by atoms with E-state index in [0.29, 0.717) is 30.2 Å². The number of aliphatic imine (C=N–C) groups is 1. The Labute approximate surface area is 193 Å². The zero-order valence-corrected chi connectivity index (χ0v) is 19.2. The van der Waals surface area contributed by atoms with E-state index in [-0.39, 0.29) is 43.7 Å². The van der Waals surface area contributed by atoms with Crippen molar-refractivity contribution in [3.63, 3.8) is 0 Å². The van der Waals surface area contributed by atoms with E-state index in [4.69, 9.17) is 4.74 Å². The molecule has 0 aliphatic carbocycles. The van der Waals surface area contributed by atoms with Crippen molar-refractivity contribution < 1.29 is 28.9 Å². The molecule has 182 valence electrons. The molecule has 1 fully saturated rings. The minimum atomic E-state index is -0.859. The first kappa shape index (κ1) is 24.9. The quantitative estimate of drug-likeness (QED) is 0.322. The van der Waals surface area contributed by atoms with Gasteiger partial charge in [0.25, 0.3) is 5.91 Å². The second kappa shape index (κ2) is 11.4. The lowest BCUT2D eigenvalue weighted by Gasteiger charge is -2.28. The van der Waals surface area contributed by atoms with E-state index in [0.717, 1.165) is 25.7 Å². The third-order valence-electron chi connectivity index (χ3n) is 5.91. The molecule has 0 radical (unpaired) electrons. The van der Waals surface area contributed by atoms with Crippen LogP contribution < -0.4 is 10.1 Å². The normalized spacial score (nSPS) is 17.7. The number of fused-ring (bicyclic) bond motifs is 2. The number of rotatable bonds is 12. The SMILES string of the molecule is CCCCCCN(C(=O)CCCOc1c(F)ccc2c1CN1C(=N2)NC(=O)C1CO)C(C)O. The fraction of sp³-hybridized carbons (Fsp3) is 0.609. The minimum Gasteiger partial charge on any atom is -0.490 e. The molecule has 2 aliphatic rings. The molecule has 1 aromatic carbocycles. The summed E-state index contributed by atoms with van der Waals surface area (Å²) in [6, 6.07) is 1.99. The third-order valence-corrected chi connectivity index (χ3v) is 5.91. The van der Waals surface area contributed by atoms with Crippen LogP contribution in [0.4, 0.5) is 10.1 Å². The Balaban J connectivity index is 1.58. The van der Waals surface area contributed by atoms with E-state index >= 15 is 0 Å². The van der Waals surface area contributed by atoms with Crippen molar-refractivity contribution >= 4 is 23.5 Å². The Morgan fingerprint density at radius 2 is 2.15 bits per heavy atom. The number of unbranched alkanes of at least 4 members (excludes halogenated alkanes) is 3. The Morgan fingerprint density at radius 1 is 1.36 bits per heavy atom. The average Bonchev–Trinajstić information content (AvgIpc) is 3.09. The van der Waals surface area contributed by atoms with Crippen molar-refractivity contribution in [3.8, 4) is 5.75 Å². The van der Waals surface area contributed by atoms with Gasteiger partial charge in [-0.2, -0.15) is 0 Å². The van der Waals surface area contributed by atoms with Crippen molar-refractivity contribution in [1.29, 1.82) is 0 Å². The summed E-state index contributed by atoms with van der Waals surface area (Å²) in [7, 11) is 0. The molecule has 2 heterocycles. The number of aliphatic hydroxyl groups is 2. The summed E-state index contributed by atoms with van der Waals surface area (Å²) in [6.45, 7) is 4.09. The molecule has 2 aliphatic heterocycles. The highest BCUT2D eigenvalue weighted by Crippen LogP contribution is 2.37. The summed E-state index contributed by atoms with van der Waals surface area (Å²) in [4.78, 5) is 31.9. The first-order valence-corrected chi connectivity index (χ1v) is 11.6. The zero-order valence-electron chi connectivity index (χ0n) is 19.2. The summed E-state index contributed by atoms with van der Waals surface area (Å²) in [5.74, 6) is -0.720. The Hall–Kier alpha value is -2.72. The number of carbonyl (C=O) groups is 2. The molecule has 1 aromatic rings. The Morgan fingerprint density at radius 3 is 2.85 bits per heavy atom. The number of nitrogens with zero attached hydrogens (tertiary/aromatic N) is 3. The maximum Gasteiger partial charge on any atom is 0.251 e. The predicted molar refractivity (Wildman–Crippen MR) is 120 cm³/mol. The van der Waals surface area contributed by atoms with Gasteiger partial charge in [0.2, 0.25) is 11.9 Å². The number of benzene rings is 1. The monoisotopic (exact) mass is 464 g/mol. The zero-order chi connectivity index (χ0) is 24.0. The molecule has 0 saturated carbocycles. The maximum absolute atomic E-state index is 14.6. The molecule has 9 nitrogen and oxygen atoms in total. The summed E-state index contributed by atoms with van der Waals surface area (Å²) < 4.78 is 20.3. The molecule has 1 saturated heterocycles. The lowest BCUT2D eigenvalue weighted by Crippen LogP contribution is -2.39. The van der Waals surface area contributed by atoms with Gasteiger partial charge in [0.05, 0.1) is 25.4 Å². The molecule has 10 heteroatoms.